The van der Waals surface area contributed by atoms with Crippen molar-refractivity contribution in [3.05, 3.63) is 48.3 Å². The van der Waals surface area contributed by atoms with Gasteiger partial charge < -0.3 is 4.74 Å². The van der Waals surface area contributed by atoms with Crippen molar-refractivity contribution in [2.75, 3.05) is 6.54 Å². The fourth-order valence-electron chi connectivity index (χ4n) is 2.91. The average Bonchev–Trinajstić information content (AvgIpc) is 2.53. The van der Waals surface area contributed by atoms with Gasteiger partial charge in [-0.1, -0.05) is 25.1 Å². The van der Waals surface area contributed by atoms with Crippen LogP contribution in [-0.4, -0.2) is 28.1 Å². The molecule has 0 spiro atoms. The second-order valence-electron chi connectivity index (χ2n) is 7.46. The summed E-state index contributed by atoms with van der Waals surface area (Å²) in [7, 11) is 0. The molecule has 0 N–H and O–H groups in total. The van der Waals surface area contributed by atoms with Gasteiger partial charge in [0.1, 0.15) is 5.60 Å². The van der Waals surface area contributed by atoms with E-state index in [0.717, 1.165) is 28.5 Å². The van der Waals surface area contributed by atoms with E-state index in [4.69, 9.17) is 4.74 Å². The molecule has 1 unspecified atom stereocenters. The Balaban J connectivity index is 1.96. The van der Waals surface area contributed by atoms with Crippen LogP contribution in [0.4, 0.5) is 4.79 Å². The molecule has 4 nitrogen and oxygen atoms in total. The van der Waals surface area contributed by atoms with Crippen LogP contribution in [0.1, 0.15) is 39.7 Å². The maximum Gasteiger partial charge on any atom is 0.414 e. The molecule has 24 heavy (non-hydrogen) atoms. The second-order valence-corrected chi connectivity index (χ2v) is 7.46. The molecule has 0 radical (unpaired) electrons. The number of fused-ring (bicyclic) bond motifs is 1. The van der Waals surface area contributed by atoms with E-state index >= 15 is 0 Å². The molecule has 1 aromatic heterocycles. The van der Waals surface area contributed by atoms with Crippen LogP contribution in [0.3, 0.4) is 0 Å². The molecule has 1 amide bonds. The van der Waals surface area contributed by atoms with Crippen molar-refractivity contribution in [1.29, 1.82) is 0 Å². The SMILES string of the molecule is CC1CC=C(c2ccc3cnccc3c2)N(C(=O)OC(C)(C)C)C1. The molecular formula is C20H24N2O2. The summed E-state index contributed by atoms with van der Waals surface area (Å²) in [5.74, 6) is 0.422. The quantitative estimate of drug-likeness (QED) is 0.753. The van der Waals surface area contributed by atoms with E-state index in [-0.39, 0.29) is 6.09 Å². The predicted molar refractivity (Wildman–Crippen MR) is 96.4 cm³/mol. The van der Waals surface area contributed by atoms with Crippen molar-refractivity contribution in [2.45, 2.75) is 39.7 Å². The molecule has 0 aliphatic carbocycles. The minimum Gasteiger partial charge on any atom is -0.443 e. The van der Waals surface area contributed by atoms with Gasteiger partial charge in [0.15, 0.2) is 0 Å². The first kappa shape index (κ1) is 16.5. The lowest BCUT2D eigenvalue weighted by atomic mass is 9.97. The Labute approximate surface area is 143 Å². The fourth-order valence-corrected chi connectivity index (χ4v) is 2.91. The summed E-state index contributed by atoms with van der Waals surface area (Å²) in [4.78, 5) is 18.6. The highest BCUT2D eigenvalue weighted by Crippen LogP contribution is 2.30. The van der Waals surface area contributed by atoms with Crippen LogP contribution in [0.25, 0.3) is 16.5 Å². The summed E-state index contributed by atoms with van der Waals surface area (Å²) in [5.41, 5.74) is 1.46. The number of ether oxygens (including phenoxy) is 1. The minimum absolute atomic E-state index is 0.282. The lowest BCUT2D eigenvalue weighted by Gasteiger charge is -2.34. The smallest absolute Gasteiger partial charge is 0.414 e. The van der Waals surface area contributed by atoms with Crippen molar-refractivity contribution in [2.24, 2.45) is 5.92 Å². The monoisotopic (exact) mass is 324 g/mol. The van der Waals surface area contributed by atoms with Crippen molar-refractivity contribution < 1.29 is 9.53 Å². The van der Waals surface area contributed by atoms with Gasteiger partial charge in [0.05, 0.1) is 5.70 Å². The Kier molecular flexibility index (Phi) is 4.31. The van der Waals surface area contributed by atoms with Gasteiger partial charge in [0.2, 0.25) is 0 Å². The molecule has 4 heteroatoms. The number of carbonyl (C=O) groups is 1. The zero-order valence-electron chi connectivity index (χ0n) is 14.7. The highest BCUT2D eigenvalue weighted by atomic mass is 16.6. The minimum atomic E-state index is -0.502. The molecule has 0 saturated carbocycles. The Hall–Kier alpha value is -2.36. The lowest BCUT2D eigenvalue weighted by molar-refractivity contribution is 0.0327. The summed E-state index contributed by atoms with van der Waals surface area (Å²) in [6.45, 7) is 8.51. The molecule has 3 rings (SSSR count). The predicted octanol–water partition coefficient (Wildman–Crippen LogP) is 4.85. The molecule has 0 bridgehead atoms. The van der Waals surface area contributed by atoms with Crippen LogP contribution < -0.4 is 0 Å². The van der Waals surface area contributed by atoms with E-state index < -0.39 is 5.60 Å². The number of allylic oxidation sites excluding steroid dienone is 1. The molecule has 1 aliphatic heterocycles. The topological polar surface area (TPSA) is 42.4 Å². The zero-order chi connectivity index (χ0) is 17.3. The maximum atomic E-state index is 12.7. The van der Waals surface area contributed by atoms with Gasteiger partial charge in [-0.05, 0) is 56.2 Å². The molecule has 126 valence electrons. The molecular weight excluding hydrogens is 300 g/mol. The fraction of sp³-hybridized carbons (Fsp3) is 0.400. The third-order valence-corrected chi connectivity index (χ3v) is 4.05. The Morgan fingerprint density at radius 3 is 2.79 bits per heavy atom. The zero-order valence-corrected chi connectivity index (χ0v) is 14.7. The van der Waals surface area contributed by atoms with E-state index in [1.165, 1.54) is 0 Å². The number of carbonyl (C=O) groups excluding carboxylic acids is 1. The first-order valence-corrected chi connectivity index (χ1v) is 8.38. The largest absolute Gasteiger partial charge is 0.443 e. The van der Waals surface area contributed by atoms with Crippen LogP contribution >= 0.6 is 0 Å². The number of pyridine rings is 1. The molecule has 1 atom stereocenters. The van der Waals surface area contributed by atoms with Gasteiger partial charge in [0, 0.05) is 24.3 Å². The van der Waals surface area contributed by atoms with Crippen LogP contribution in [0.15, 0.2) is 42.7 Å². The summed E-state index contributed by atoms with van der Waals surface area (Å²) in [6, 6.07) is 8.19. The number of hydrogen-bond donors (Lipinski definition) is 0. The molecule has 1 aliphatic rings. The third-order valence-electron chi connectivity index (χ3n) is 4.05. The van der Waals surface area contributed by atoms with Crippen LogP contribution in [-0.2, 0) is 4.74 Å². The second kappa shape index (κ2) is 6.27. The summed E-state index contributed by atoms with van der Waals surface area (Å²) in [5, 5.41) is 2.21. The van der Waals surface area contributed by atoms with E-state index in [1.807, 2.05) is 45.2 Å². The standard InChI is InChI=1S/C20H24N2O2/c1-14-5-8-18(22(13-14)19(23)24-20(2,3)4)16-6-7-17-12-21-10-9-15(17)11-16/h6-12,14H,5,13H2,1-4H3. The average molecular weight is 324 g/mol. The molecule has 0 saturated heterocycles. The normalized spacial score (nSPS) is 18.4. The van der Waals surface area contributed by atoms with Crippen LogP contribution in [0.5, 0.6) is 0 Å². The van der Waals surface area contributed by atoms with E-state index in [9.17, 15) is 4.79 Å². The summed E-state index contributed by atoms with van der Waals surface area (Å²) >= 11 is 0. The number of aromatic nitrogens is 1. The Morgan fingerprint density at radius 1 is 1.25 bits per heavy atom. The van der Waals surface area contributed by atoms with E-state index in [1.54, 1.807) is 11.1 Å². The Morgan fingerprint density at radius 2 is 2.04 bits per heavy atom. The van der Waals surface area contributed by atoms with Crippen LogP contribution in [0, 0.1) is 5.92 Å². The van der Waals surface area contributed by atoms with Crippen molar-refractivity contribution in [3.8, 4) is 0 Å². The van der Waals surface area contributed by atoms with Gasteiger partial charge in [-0.25, -0.2) is 4.79 Å². The molecule has 0 fully saturated rings. The van der Waals surface area contributed by atoms with Gasteiger partial charge in [-0.15, -0.1) is 0 Å². The van der Waals surface area contributed by atoms with Crippen molar-refractivity contribution in [3.63, 3.8) is 0 Å². The van der Waals surface area contributed by atoms with Crippen molar-refractivity contribution in [1.82, 2.24) is 9.88 Å². The molecule has 1 aromatic carbocycles. The molecule has 2 heterocycles. The number of hydrogen-bond acceptors (Lipinski definition) is 3. The van der Waals surface area contributed by atoms with E-state index in [0.29, 0.717) is 12.5 Å². The van der Waals surface area contributed by atoms with E-state index in [2.05, 4.69) is 24.1 Å². The van der Waals surface area contributed by atoms with Gasteiger partial charge in [0.25, 0.3) is 0 Å². The Bertz CT molecular complexity index is 790. The number of amides is 1. The molecule has 2 aromatic rings. The number of rotatable bonds is 1. The van der Waals surface area contributed by atoms with Crippen LogP contribution in [0.2, 0.25) is 0 Å². The number of nitrogens with zero attached hydrogens (tertiary/aromatic N) is 2. The summed E-state index contributed by atoms with van der Waals surface area (Å²) < 4.78 is 5.60. The maximum absolute atomic E-state index is 12.7. The van der Waals surface area contributed by atoms with Crippen molar-refractivity contribution >= 4 is 22.6 Å². The highest BCUT2D eigenvalue weighted by Gasteiger charge is 2.29. The number of benzene rings is 1. The first-order valence-electron chi connectivity index (χ1n) is 8.38. The van der Waals surface area contributed by atoms with Gasteiger partial charge in [-0.3, -0.25) is 9.88 Å². The first-order chi connectivity index (χ1) is 11.3. The summed E-state index contributed by atoms with van der Waals surface area (Å²) in [6.07, 6.45) is 6.45. The van der Waals surface area contributed by atoms with Gasteiger partial charge >= 0.3 is 6.09 Å². The van der Waals surface area contributed by atoms with Gasteiger partial charge in [-0.2, -0.15) is 0 Å². The highest BCUT2D eigenvalue weighted by molar-refractivity contribution is 5.88. The third kappa shape index (κ3) is 3.58. The lowest BCUT2D eigenvalue weighted by Crippen LogP contribution is -2.39.